The van der Waals surface area contributed by atoms with E-state index in [-0.39, 0.29) is 18.8 Å². The van der Waals surface area contributed by atoms with Crippen LogP contribution in [0.2, 0.25) is 0 Å². The van der Waals surface area contributed by atoms with Crippen molar-refractivity contribution >= 4 is 0 Å². The van der Waals surface area contributed by atoms with E-state index in [1.165, 1.54) is 0 Å². The highest BCUT2D eigenvalue weighted by Crippen LogP contribution is 2.42. The number of hydrogen-bond acceptors (Lipinski definition) is 1. The summed E-state index contributed by atoms with van der Waals surface area (Å²) in [6.45, 7) is 8.46. The van der Waals surface area contributed by atoms with Gasteiger partial charge in [-0.3, -0.25) is 0 Å². The summed E-state index contributed by atoms with van der Waals surface area (Å²) in [6, 6.07) is 0. The quantitative estimate of drug-likeness (QED) is 0.776. The number of halogens is 3. The Kier molecular flexibility index (Phi) is 4.25. The molecule has 0 fully saturated rings. The predicted molar refractivity (Wildman–Crippen MR) is 54.5 cm³/mol. The molecule has 0 aromatic heterocycles. The van der Waals surface area contributed by atoms with Crippen molar-refractivity contribution in [1.82, 2.24) is 0 Å². The van der Waals surface area contributed by atoms with Gasteiger partial charge in [0, 0.05) is 0 Å². The minimum atomic E-state index is -4.55. The van der Waals surface area contributed by atoms with Crippen LogP contribution >= 0.6 is 0 Å². The summed E-state index contributed by atoms with van der Waals surface area (Å²) in [5.41, 5.74) is -3.10. The summed E-state index contributed by atoms with van der Waals surface area (Å²) >= 11 is 0. The number of alkyl halides is 3. The SMILES string of the molecule is CC(C)CC(O)(CC(C)(C)C)C(F)(F)F. The van der Waals surface area contributed by atoms with Gasteiger partial charge >= 0.3 is 6.18 Å². The zero-order chi connectivity index (χ0) is 12.5. The summed E-state index contributed by atoms with van der Waals surface area (Å²) in [4.78, 5) is 0. The third kappa shape index (κ3) is 4.87. The van der Waals surface area contributed by atoms with Crippen LogP contribution in [-0.4, -0.2) is 16.9 Å². The molecular weight excluding hydrogens is 205 g/mol. The normalized spacial score (nSPS) is 18.0. The van der Waals surface area contributed by atoms with Gasteiger partial charge in [0.1, 0.15) is 0 Å². The summed E-state index contributed by atoms with van der Waals surface area (Å²) < 4.78 is 38.2. The zero-order valence-electron chi connectivity index (χ0n) is 10.1. The zero-order valence-corrected chi connectivity index (χ0v) is 10.1. The maximum absolute atomic E-state index is 12.7. The van der Waals surface area contributed by atoms with E-state index in [1.54, 1.807) is 34.6 Å². The van der Waals surface area contributed by atoms with Gasteiger partial charge in [-0.15, -0.1) is 0 Å². The Balaban J connectivity index is 4.88. The molecule has 0 heterocycles. The lowest BCUT2D eigenvalue weighted by molar-refractivity contribution is -0.274. The molecule has 4 heteroatoms. The van der Waals surface area contributed by atoms with Crippen LogP contribution < -0.4 is 0 Å². The molecule has 0 spiro atoms. The molecule has 0 saturated carbocycles. The average Bonchev–Trinajstić information content (AvgIpc) is 1.75. The topological polar surface area (TPSA) is 20.2 Å². The van der Waals surface area contributed by atoms with Gasteiger partial charge in [-0.25, -0.2) is 0 Å². The van der Waals surface area contributed by atoms with Crippen molar-refractivity contribution in [1.29, 1.82) is 0 Å². The first kappa shape index (κ1) is 14.8. The molecule has 0 aliphatic carbocycles. The molecule has 0 aromatic carbocycles. The monoisotopic (exact) mass is 226 g/mol. The molecule has 1 nitrogen and oxygen atoms in total. The lowest BCUT2D eigenvalue weighted by Crippen LogP contribution is -2.48. The molecule has 0 rings (SSSR count). The smallest absolute Gasteiger partial charge is 0.380 e. The molecule has 0 aromatic rings. The van der Waals surface area contributed by atoms with E-state index in [0.29, 0.717) is 0 Å². The third-order valence-corrected chi connectivity index (χ3v) is 2.10. The minimum absolute atomic E-state index is 0.182. The van der Waals surface area contributed by atoms with E-state index in [9.17, 15) is 18.3 Å². The maximum Gasteiger partial charge on any atom is 0.417 e. The van der Waals surface area contributed by atoms with E-state index >= 15 is 0 Å². The highest BCUT2D eigenvalue weighted by Gasteiger charge is 2.54. The van der Waals surface area contributed by atoms with E-state index in [1.807, 2.05) is 0 Å². The largest absolute Gasteiger partial charge is 0.417 e. The van der Waals surface area contributed by atoms with Crippen LogP contribution in [0.1, 0.15) is 47.5 Å². The van der Waals surface area contributed by atoms with E-state index in [4.69, 9.17) is 0 Å². The minimum Gasteiger partial charge on any atom is -0.380 e. The Bertz CT molecular complexity index is 203. The van der Waals surface area contributed by atoms with Gasteiger partial charge in [0.25, 0.3) is 0 Å². The van der Waals surface area contributed by atoms with Crippen LogP contribution in [-0.2, 0) is 0 Å². The second-order valence-corrected chi connectivity index (χ2v) is 5.86. The fourth-order valence-corrected chi connectivity index (χ4v) is 1.84. The first-order valence-corrected chi connectivity index (χ1v) is 5.16. The molecular formula is C11H21F3O. The molecule has 15 heavy (non-hydrogen) atoms. The lowest BCUT2D eigenvalue weighted by Gasteiger charge is -2.37. The van der Waals surface area contributed by atoms with Crippen molar-refractivity contribution in [2.24, 2.45) is 11.3 Å². The second kappa shape index (κ2) is 4.32. The molecule has 0 aliphatic heterocycles. The lowest BCUT2D eigenvalue weighted by atomic mass is 9.77. The van der Waals surface area contributed by atoms with Crippen LogP contribution in [0.5, 0.6) is 0 Å². The molecule has 0 bridgehead atoms. The predicted octanol–water partition coefficient (Wildman–Crippen LogP) is 3.76. The highest BCUT2D eigenvalue weighted by atomic mass is 19.4. The summed E-state index contributed by atoms with van der Waals surface area (Å²) in [7, 11) is 0. The Labute approximate surface area is 89.7 Å². The summed E-state index contributed by atoms with van der Waals surface area (Å²) in [6.07, 6.45) is -5.06. The van der Waals surface area contributed by atoms with Gasteiger partial charge in [0.2, 0.25) is 0 Å². The summed E-state index contributed by atoms with van der Waals surface area (Å²) in [5.74, 6) is -0.182. The van der Waals surface area contributed by atoms with Crippen molar-refractivity contribution in [2.45, 2.75) is 59.2 Å². The first-order chi connectivity index (χ1) is 6.37. The Hall–Kier alpha value is -0.250. The Morgan fingerprint density at radius 3 is 1.67 bits per heavy atom. The first-order valence-electron chi connectivity index (χ1n) is 5.16. The number of rotatable bonds is 3. The van der Waals surface area contributed by atoms with Gasteiger partial charge in [0.15, 0.2) is 5.60 Å². The van der Waals surface area contributed by atoms with E-state index in [0.717, 1.165) is 0 Å². The molecule has 1 unspecified atom stereocenters. The average molecular weight is 226 g/mol. The molecule has 92 valence electrons. The van der Waals surface area contributed by atoms with Gasteiger partial charge in [-0.05, 0) is 24.2 Å². The van der Waals surface area contributed by atoms with Crippen LogP contribution in [0.4, 0.5) is 13.2 Å². The Morgan fingerprint density at radius 1 is 1.07 bits per heavy atom. The summed E-state index contributed by atoms with van der Waals surface area (Å²) in [5, 5.41) is 9.73. The second-order valence-electron chi connectivity index (χ2n) is 5.86. The van der Waals surface area contributed by atoms with Crippen molar-refractivity contribution in [3.05, 3.63) is 0 Å². The van der Waals surface area contributed by atoms with E-state index < -0.39 is 17.2 Å². The molecule has 0 saturated heterocycles. The standard InChI is InChI=1S/C11H21F3O/c1-8(2)6-10(15,11(12,13)14)7-9(3,4)5/h8,15H,6-7H2,1-5H3. The van der Waals surface area contributed by atoms with E-state index in [2.05, 4.69) is 0 Å². The van der Waals surface area contributed by atoms with Crippen LogP contribution in [0.3, 0.4) is 0 Å². The Morgan fingerprint density at radius 2 is 1.47 bits per heavy atom. The van der Waals surface area contributed by atoms with Crippen molar-refractivity contribution in [3.63, 3.8) is 0 Å². The van der Waals surface area contributed by atoms with Crippen molar-refractivity contribution in [3.8, 4) is 0 Å². The van der Waals surface area contributed by atoms with Crippen molar-refractivity contribution < 1.29 is 18.3 Å². The van der Waals surface area contributed by atoms with Crippen molar-refractivity contribution in [2.75, 3.05) is 0 Å². The molecule has 1 N–H and O–H groups in total. The fourth-order valence-electron chi connectivity index (χ4n) is 1.84. The number of aliphatic hydroxyl groups is 1. The third-order valence-electron chi connectivity index (χ3n) is 2.10. The fraction of sp³-hybridized carbons (Fsp3) is 1.00. The molecule has 0 amide bonds. The van der Waals surface area contributed by atoms with Crippen LogP contribution in [0.15, 0.2) is 0 Å². The van der Waals surface area contributed by atoms with Gasteiger partial charge < -0.3 is 5.11 Å². The van der Waals surface area contributed by atoms with Crippen LogP contribution in [0, 0.1) is 11.3 Å². The molecule has 0 radical (unpaired) electrons. The highest BCUT2D eigenvalue weighted by molar-refractivity contribution is 4.91. The van der Waals surface area contributed by atoms with Crippen LogP contribution in [0.25, 0.3) is 0 Å². The molecule has 0 aliphatic rings. The number of hydrogen-bond donors (Lipinski definition) is 1. The molecule has 1 atom stereocenters. The van der Waals surface area contributed by atoms with Gasteiger partial charge in [0.05, 0.1) is 0 Å². The maximum atomic E-state index is 12.7. The van der Waals surface area contributed by atoms with Gasteiger partial charge in [-0.2, -0.15) is 13.2 Å². The van der Waals surface area contributed by atoms with Gasteiger partial charge in [-0.1, -0.05) is 34.6 Å².